The molecule has 1 N–H and O–H groups in total. The van der Waals surface area contributed by atoms with Gasteiger partial charge in [0.05, 0.1) is 16.8 Å². The van der Waals surface area contributed by atoms with Gasteiger partial charge in [-0.15, -0.1) is 11.3 Å². The number of rotatable bonds is 5. The Morgan fingerprint density at radius 3 is 2.86 bits per heavy atom. The van der Waals surface area contributed by atoms with Crippen LogP contribution < -0.4 is 5.32 Å². The third-order valence-electron chi connectivity index (χ3n) is 3.21. The molecule has 0 fully saturated rings. The van der Waals surface area contributed by atoms with Crippen molar-refractivity contribution in [3.8, 4) is 0 Å². The Kier molecular flexibility index (Phi) is 5.33. The van der Waals surface area contributed by atoms with Crippen molar-refractivity contribution in [2.45, 2.75) is 19.5 Å². The van der Waals surface area contributed by atoms with Crippen LogP contribution in [0.1, 0.15) is 11.8 Å². The predicted molar refractivity (Wildman–Crippen MR) is 85.3 cm³/mol. The van der Waals surface area contributed by atoms with Crippen LogP contribution in [-0.2, 0) is 11.3 Å². The number of nitrogens with one attached hydrogen (secondary N) is 1. The van der Waals surface area contributed by atoms with Crippen molar-refractivity contribution < 1.29 is 9.18 Å². The molecule has 3 nitrogen and oxygen atoms in total. The van der Waals surface area contributed by atoms with Gasteiger partial charge in [-0.1, -0.05) is 17.7 Å². The number of carbonyl (C=O) groups excluding carboxylic acids is 1. The van der Waals surface area contributed by atoms with E-state index in [0.29, 0.717) is 12.2 Å². The minimum absolute atomic E-state index is 0.178. The minimum atomic E-state index is -0.430. The second-order valence-corrected chi connectivity index (χ2v) is 6.22. The largest absolute Gasteiger partial charge is 0.323 e. The number of carbonyl (C=O) groups is 1. The van der Waals surface area contributed by atoms with E-state index in [-0.39, 0.29) is 17.0 Å². The molecule has 21 heavy (non-hydrogen) atoms. The average Bonchev–Trinajstić information content (AvgIpc) is 2.93. The molecule has 0 saturated heterocycles. The molecule has 1 aromatic carbocycles. The molecule has 0 bridgehead atoms. The number of likely N-dealkylation sites (N-methyl/N-ethyl adjacent to an activating group) is 1. The number of anilines is 1. The second kappa shape index (κ2) is 7.02. The molecular formula is C15H16ClFN2OS. The van der Waals surface area contributed by atoms with Crippen molar-refractivity contribution in [2.24, 2.45) is 0 Å². The molecule has 0 aliphatic rings. The van der Waals surface area contributed by atoms with Gasteiger partial charge in [0.1, 0.15) is 5.82 Å². The summed E-state index contributed by atoms with van der Waals surface area (Å²) in [7, 11) is 1.89. The van der Waals surface area contributed by atoms with Gasteiger partial charge in [0.15, 0.2) is 0 Å². The molecule has 1 atom stereocenters. The van der Waals surface area contributed by atoms with Gasteiger partial charge >= 0.3 is 0 Å². The van der Waals surface area contributed by atoms with Crippen LogP contribution in [-0.4, -0.2) is 23.9 Å². The molecule has 2 rings (SSSR count). The molecule has 112 valence electrons. The predicted octanol–water partition coefficient (Wildman–Crippen LogP) is 4.00. The van der Waals surface area contributed by atoms with Gasteiger partial charge in [-0.25, -0.2) is 4.39 Å². The van der Waals surface area contributed by atoms with Crippen molar-refractivity contribution in [3.05, 3.63) is 51.4 Å². The summed E-state index contributed by atoms with van der Waals surface area (Å²) in [5.41, 5.74) is 0.416. The van der Waals surface area contributed by atoms with Crippen LogP contribution in [0.15, 0.2) is 35.7 Å². The van der Waals surface area contributed by atoms with Crippen LogP contribution in [0.3, 0.4) is 0 Å². The standard InChI is InChI=1S/C15H16ClFN2OS/c1-10(19(2)9-12-4-3-7-21-12)15(20)18-14-6-5-11(17)8-13(14)16/h3-8,10H,9H2,1-2H3,(H,18,20)/t10-/m1/s1. The molecule has 1 aromatic heterocycles. The Morgan fingerprint density at radius 1 is 1.48 bits per heavy atom. The molecule has 2 aromatic rings. The van der Waals surface area contributed by atoms with Gasteiger partial charge in [0, 0.05) is 11.4 Å². The van der Waals surface area contributed by atoms with Crippen molar-refractivity contribution >= 4 is 34.5 Å². The highest BCUT2D eigenvalue weighted by Crippen LogP contribution is 2.23. The first-order valence-corrected chi connectivity index (χ1v) is 7.71. The fourth-order valence-electron chi connectivity index (χ4n) is 1.81. The van der Waals surface area contributed by atoms with Crippen molar-refractivity contribution in [2.75, 3.05) is 12.4 Å². The quantitative estimate of drug-likeness (QED) is 0.900. The third kappa shape index (κ3) is 4.27. The molecule has 0 aliphatic carbocycles. The van der Waals surface area contributed by atoms with E-state index in [2.05, 4.69) is 5.32 Å². The van der Waals surface area contributed by atoms with E-state index < -0.39 is 5.82 Å². The lowest BCUT2D eigenvalue weighted by molar-refractivity contribution is -0.120. The Balaban J connectivity index is 1.98. The molecular weight excluding hydrogens is 311 g/mol. The smallest absolute Gasteiger partial charge is 0.241 e. The first-order chi connectivity index (χ1) is 9.97. The van der Waals surface area contributed by atoms with E-state index >= 15 is 0 Å². The first-order valence-electron chi connectivity index (χ1n) is 6.46. The Bertz CT molecular complexity index is 618. The maximum Gasteiger partial charge on any atom is 0.241 e. The summed E-state index contributed by atoms with van der Waals surface area (Å²) in [6.07, 6.45) is 0. The molecule has 1 amide bonds. The summed E-state index contributed by atoms with van der Waals surface area (Å²) in [5.74, 6) is -0.608. The maximum absolute atomic E-state index is 13.0. The molecule has 0 saturated carbocycles. The number of nitrogens with zero attached hydrogens (tertiary/aromatic N) is 1. The minimum Gasteiger partial charge on any atom is -0.323 e. The highest BCUT2D eigenvalue weighted by Gasteiger charge is 2.19. The molecule has 6 heteroatoms. The lowest BCUT2D eigenvalue weighted by Crippen LogP contribution is -2.39. The number of halogens is 2. The van der Waals surface area contributed by atoms with Crippen LogP contribution in [0.2, 0.25) is 5.02 Å². The first kappa shape index (κ1) is 15.9. The molecule has 0 spiro atoms. The summed E-state index contributed by atoms with van der Waals surface area (Å²) in [6, 6.07) is 7.59. The lowest BCUT2D eigenvalue weighted by Gasteiger charge is -2.23. The van der Waals surface area contributed by atoms with Crippen molar-refractivity contribution in [1.29, 1.82) is 0 Å². The number of hydrogen-bond acceptors (Lipinski definition) is 3. The lowest BCUT2D eigenvalue weighted by atomic mass is 10.2. The van der Waals surface area contributed by atoms with Crippen LogP contribution in [0.4, 0.5) is 10.1 Å². The van der Waals surface area contributed by atoms with Crippen LogP contribution in [0.25, 0.3) is 0 Å². The summed E-state index contributed by atoms with van der Waals surface area (Å²) < 4.78 is 13.0. The molecule has 1 heterocycles. The number of thiophene rings is 1. The third-order valence-corrected chi connectivity index (χ3v) is 4.39. The zero-order valence-corrected chi connectivity index (χ0v) is 13.3. The van der Waals surface area contributed by atoms with Gasteiger partial charge in [0.2, 0.25) is 5.91 Å². The van der Waals surface area contributed by atoms with Gasteiger partial charge in [0.25, 0.3) is 0 Å². The highest BCUT2D eigenvalue weighted by atomic mass is 35.5. The van der Waals surface area contributed by atoms with E-state index in [1.807, 2.05) is 36.4 Å². The van der Waals surface area contributed by atoms with Gasteiger partial charge < -0.3 is 5.32 Å². The average molecular weight is 327 g/mol. The Morgan fingerprint density at radius 2 is 2.24 bits per heavy atom. The normalized spacial score (nSPS) is 12.4. The number of amides is 1. The van der Waals surface area contributed by atoms with Gasteiger partial charge in [-0.3, -0.25) is 9.69 Å². The Labute approximate surface area is 132 Å². The fraction of sp³-hybridized carbons (Fsp3) is 0.267. The molecule has 0 aliphatic heterocycles. The van der Waals surface area contributed by atoms with E-state index in [4.69, 9.17) is 11.6 Å². The monoisotopic (exact) mass is 326 g/mol. The fourth-order valence-corrected chi connectivity index (χ4v) is 2.80. The Hall–Kier alpha value is -1.43. The number of benzene rings is 1. The van der Waals surface area contributed by atoms with E-state index in [9.17, 15) is 9.18 Å². The summed E-state index contributed by atoms with van der Waals surface area (Å²) in [6.45, 7) is 2.52. The summed E-state index contributed by atoms with van der Waals surface area (Å²) in [5, 5.41) is 4.92. The van der Waals surface area contributed by atoms with Crippen molar-refractivity contribution in [3.63, 3.8) is 0 Å². The second-order valence-electron chi connectivity index (χ2n) is 4.78. The van der Waals surface area contributed by atoms with Crippen LogP contribution in [0.5, 0.6) is 0 Å². The maximum atomic E-state index is 13.0. The topological polar surface area (TPSA) is 32.3 Å². The summed E-state index contributed by atoms with van der Waals surface area (Å²) >= 11 is 7.56. The molecule has 0 radical (unpaired) electrons. The zero-order chi connectivity index (χ0) is 15.4. The van der Waals surface area contributed by atoms with Gasteiger partial charge in [-0.2, -0.15) is 0 Å². The van der Waals surface area contributed by atoms with E-state index in [0.717, 1.165) is 0 Å². The zero-order valence-electron chi connectivity index (χ0n) is 11.8. The van der Waals surface area contributed by atoms with Crippen LogP contribution in [0, 0.1) is 5.82 Å². The highest BCUT2D eigenvalue weighted by molar-refractivity contribution is 7.09. The summed E-state index contributed by atoms with van der Waals surface area (Å²) in [4.78, 5) is 15.4. The van der Waals surface area contributed by atoms with Crippen molar-refractivity contribution in [1.82, 2.24) is 4.90 Å². The van der Waals surface area contributed by atoms with E-state index in [1.54, 1.807) is 11.3 Å². The van der Waals surface area contributed by atoms with Crippen LogP contribution >= 0.6 is 22.9 Å². The SMILES string of the molecule is C[C@H](C(=O)Nc1ccc(F)cc1Cl)N(C)Cc1cccs1. The van der Waals surface area contributed by atoms with Gasteiger partial charge in [-0.05, 0) is 43.6 Å². The van der Waals surface area contributed by atoms with E-state index in [1.165, 1.54) is 23.1 Å². The molecule has 0 unspecified atom stereocenters. The number of hydrogen-bond donors (Lipinski definition) is 1.